The molecule has 1 N–H and O–H groups in total. The first kappa shape index (κ1) is 27.7. The van der Waals surface area contributed by atoms with E-state index in [1.165, 1.54) is 31.9 Å². The molecule has 3 aliphatic rings. The molecule has 3 rings (SSSR count). The Morgan fingerprint density at radius 2 is 1.83 bits per heavy atom. The molecule has 1 fully saturated rings. The standard InChI is InChI=1S/C31H48O4/c1-20(2)23-12-13-26-25(29(23,5)17-16-27(32)35-8)15-19-30(6)24(14-18-31(26,30)7)21(3)10-9-11-22(4)28(33)34/h11,21,23-24H,1,9-10,12-19H2,2-8H3,(H,33,34)/b22-11-/t21-,23+,24-,29+,30-,31+/m1/s1. The van der Waals surface area contributed by atoms with Gasteiger partial charge in [-0.05, 0) is 106 Å². The summed E-state index contributed by atoms with van der Waals surface area (Å²) in [6.07, 6.45) is 12.1. The quantitative estimate of drug-likeness (QED) is 0.205. The molecular weight excluding hydrogens is 436 g/mol. The maximum atomic E-state index is 12.1. The van der Waals surface area contributed by atoms with Gasteiger partial charge in [-0.25, -0.2) is 4.79 Å². The molecule has 4 heteroatoms. The molecule has 6 atom stereocenters. The lowest BCUT2D eigenvalue weighted by Crippen LogP contribution is -2.48. The van der Waals surface area contributed by atoms with Crippen molar-refractivity contribution >= 4 is 11.9 Å². The third-order valence-corrected chi connectivity index (χ3v) is 10.9. The lowest BCUT2D eigenvalue weighted by Gasteiger charge is -2.57. The molecule has 0 radical (unpaired) electrons. The van der Waals surface area contributed by atoms with Gasteiger partial charge in [0.05, 0.1) is 7.11 Å². The minimum absolute atomic E-state index is 0.0270. The summed E-state index contributed by atoms with van der Waals surface area (Å²) in [5, 5.41) is 9.17. The van der Waals surface area contributed by atoms with Crippen molar-refractivity contribution in [2.45, 2.75) is 106 Å². The van der Waals surface area contributed by atoms with Gasteiger partial charge in [0.25, 0.3) is 0 Å². The highest BCUT2D eigenvalue weighted by atomic mass is 16.5. The lowest BCUT2D eigenvalue weighted by molar-refractivity contribution is -0.141. The second-order valence-corrected chi connectivity index (χ2v) is 12.5. The zero-order valence-electron chi connectivity index (χ0n) is 23.3. The Labute approximate surface area is 213 Å². The molecule has 0 aromatic rings. The van der Waals surface area contributed by atoms with E-state index in [1.807, 2.05) is 6.08 Å². The maximum Gasteiger partial charge on any atom is 0.330 e. The monoisotopic (exact) mass is 484 g/mol. The minimum Gasteiger partial charge on any atom is -0.478 e. The van der Waals surface area contributed by atoms with Crippen LogP contribution < -0.4 is 0 Å². The van der Waals surface area contributed by atoms with Gasteiger partial charge in [-0.3, -0.25) is 4.79 Å². The van der Waals surface area contributed by atoms with Crippen LogP contribution in [-0.2, 0) is 14.3 Å². The predicted octanol–water partition coefficient (Wildman–Crippen LogP) is 7.89. The van der Waals surface area contributed by atoms with E-state index < -0.39 is 5.97 Å². The zero-order valence-corrected chi connectivity index (χ0v) is 23.3. The summed E-state index contributed by atoms with van der Waals surface area (Å²) in [5.41, 5.74) is 5.43. The average molecular weight is 485 g/mol. The molecule has 1 saturated carbocycles. The van der Waals surface area contributed by atoms with E-state index in [1.54, 1.807) is 18.1 Å². The largest absolute Gasteiger partial charge is 0.478 e. The second kappa shape index (κ2) is 10.3. The molecule has 196 valence electrons. The Kier molecular flexibility index (Phi) is 8.13. The number of methoxy groups -OCH3 is 1. The number of hydrogen-bond donors (Lipinski definition) is 1. The number of rotatable bonds is 9. The molecular formula is C31H48O4. The average Bonchev–Trinajstić information content (AvgIpc) is 3.08. The topological polar surface area (TPSA) is 63.6 Å². The van der Waals surface area contributed by atoms with Crippen LogP contribution >= 0.6 is 0 Å². The van der Waals surface area contributed by atoms with Gasteiger partial charge in [0.1, 0.15) is 0 Å². The van der Waals surface area contributed by atoms with Crippen molar-refractivity contribution in [2.24, 2.45) is 34.0 Å². The van der Waals surface area contributed by atoms with Crippen LogP contribution in [0.15, 0.2) is 34.9 Å². The van der Waals surface area contributed by atoms with Crippen molar-refractivity contribution in [2.75, 3.05) is 7.11 Å². The van der Waals surface area contributed by atoms with Gasteiger partial charge >= 0.3 is 11.9 Å². The Morgan fingerprint density at radius 3 is 2.43 bits per heavy atom. The molecule has 0 saturated heterocycles. The number of allylic oxidation sites excluding steroid dienone is 4. The maximum absolute atomic E-state index is 12.1. The second-order valence-electron chi connectivity index (χ2n) is 12.5. The minimum atomic E-state index is -0.814. The number of carbonyl (C=O) groups excluding carboxylic acids is 1. The molecule has 35 heavy (non-hydrogen) atoms. The molecule has 0 unspecified atom stereocenters. The van der Waals surface area contributed by atoms with Crippen molar-refractivity contribution in [1.29, 1.82) is 0 Å². The number of carbonyl (C=O) groups is 2. The third-order valence-electron chi connectivity index (χ3n) is 10.9. The molecule has 0 bridgehead atoms. The molecule has 4 nitrogen and oxygen atoms in total. The number of carboxylic acids is 1. The van der Waals surface area contributed by atoms with Gasteiger partial charge < -0.3 is 9.84 Å². The summed E-state index contributed by atoms with van der Waals surface area (Å²) in [6, 6.07) is 0. The van der Waals surface area contributed by atoms with E-state index in [-0.39, 0.29) is 22.2 Å². The molecule has 0 aromatic carbocycles. The fourth-order valence-electron chi connectivity index (χ4n) is 8.50. The van der Waals surface area contributed by atoms with E-state index in [4.69, 9.17) is 4.74 Å². The number of fused-ring (bicyclic) bond motifs is 2. The number of carboxylic acid groups (broad SMARTS) is 1. The molecule has 3 aliphatic carbocycles. The number of ether oxygens (including phenoxy) is 1. The van der Waals surface area contributed by atoms with Crippen LogP contribution in [0.2, 0.25) is 0 Å². The van der Waals surface area contributed by atoms with Crippen molar-refractivity contribution in [3.8, 4) is 0 Å². The van der Waals surface area contributed by atoms with E-state index in [9.17, 15) is 14.7 Å². The third kappa shape index (κ3) is 4.79. The summed E-state index contributed by atoms with van der Waals surface area (Å²) in [6.45, 7) is 18.1. The van der Waals surface area contributed by atoms with Crippen molar-refractivity contribution in [3.05, 3.63) is 34.9 Å². The summed E-state index contributed by atoms with van der Waals surface area (Å²) < 4.78 is 5.01. The number of esters is 1. The van der Waals surface area contributed by atoms with Crippen molar-refractivity contribution in [1.82, 2.24) is 0 Å². The fourth-order valence-corrected chi connectivity index (χ4v) is 8.50. The van der Waals surface area contributed by atoms with Crippen LogP contribution in [0.3, 0.4) is 0 Å². The SMILES string of the molecule is C=C(C)[C@@H]1CCC2=C(CC[C@]3(C)[C@@H]([C@H](C)CC/C=C(/C)C(=O)O)CC[C@@]23C)[C@@]1(C)CCC(=O)OC. The summed E-state index contributed by atoms with van der Waals surface area (Å²) >= 11 is 0. The van der Waals surface area contributed by atoms with Crippen LogP contribution in [0.25, 0.3) is 0 Å². The zero-order chi connectivity index (χ0) is 26.2. The molecule has 0 aromatic heterocycles. The number of aliphatic carboxylic acids is 1. The van der Waals surface area contributed by atoms with Crippen LogP contribution in [0, 0.1) is 34.0 Å². The molecule has 0 heterocycles. The first-order chi connectivity index (χ1) is 16.3. The Bertz CT molecular complexity index is 926. The van der Waals surface area contributed by atoms with Crippen LogP contribution in [0.5, 0.6) is 0 Å². The Hall–Kier alpha value is -1.84. The summed E-state index contributed by atoms with van der Waals surface area (Å²) in [7, 11) is 1.48. The van der Waals surface area contributed by atoms with Gasteiger partial charge in [-0.15, -0.1) is 0 Å². The van der Waals surface area contributed by atoms with E-state index in [0.717, 1.165) is 38.5 Å². The first-order valence-electron chi connectivity index (χ1n) is 13.7. The smallest absolute Gasteiger partial charge is 0.330 e. The van der Waals surface area contributed by atoms with E-state index in [0.29, 0.717) is 29.7 Å². The van der Waals surface area contributed by atoms with Gasteiger partial charge in [0, 0.05) is 12.0 Å². The van der Waals surface area contributed by atoms with Crippen LogP contribution in [0.1, 0.15) is 106 Å². The van der Waals surface area contributed by atoms with E-state index in [2.05, 4.69) is 41.2 Å². The highest BCUT2D eigenvalue weighted by Crippen LogP contribution is 2.71. The highest BCUT2D eigenvalue weighted by Gasteiger charge is 2.61. The van der Waals surface area contributed by atoms with Gasteiger partial charge in [0.2, 0.25) is 0 Å². The first-order valence-corrected chi connectivity index (χ1v) is 13.7. The van der Waals surface area contributed by atoms with Crippen LogP contribution in [0.4, 0.5) is 0 Å². The Balaban J connectivity index is 1.90. The van der Waals surface area contributed by atoms with Crippen molar-refractivity contribution in [3.63, 3.8) is 0 Å². The van der Waals surface area contributed by atoms with E-state index >= 15 is 0 Å². The number of hydrogen-bond acceptors (Lipinski definition) is 3. The molecule has 0 spiro atoms. The fraction of sp³-hybridized carbons (Fsp3) is 0.742. The Morgan fingerprint density at radius 1 is 1.14 bits per heavy atom. The van der Waals surface area contributed by atoms with Crippen LogP contribution in [-0.4, -0.2) is 24.2 Å². The summed E-state index contributed by atoms with van der Waals surface area (Å²) in [4.78, 5) is 23.3. The highest BCUT2D eigenvalue weighted by molar-refractivity contribution is 5.85. The van der Waals surface area contributed by atoms with Gasteiger partial charge in [-0.2, -0.15) is 0 Å². The predicted molar refractivity (Wildman–Crippen MR) is 142 cm³/mol. The van der Waals surface area contributed by atoms with Gasteiger partial charge in [-0.1, -0.05) is 57.1 Å². The molecule has 0 aliphatic heterocycles. The van der Waals surface area contributed by atoms with Gasteiger partial charge in [0.15, 0.2) is 0 Å². The normalized spacial score (nSPS) is 35.8. The molecule has 0 amide bonds. The lowest BCUT2D eigenvalue weighted by atomic mass is 9.47. The summed E-state index contributed by atoms with van der Waals surface area (Å²) in [5.74, 6) is 0.706. The van der Waals surface area contributed by atoms with Crippen molar-refractivity contribution < 1.29 is 19.4 Å².